The molecule has 0 spiro atoms. The Labute approximate surface area is 151 Å². The topological polar surface area (TPSA) is 66.4 Å². The van der Waals surface area contributed by atoms with Gasteiger partial charge in [-0.1, -0.05) is 23.8 Å². The first-order valence-electron chi connectivity index (χ1n) is 8.38. The van der Waals surface area contributed by atoms with Crippen LogP contribution in [-0.4, -0.2) is 30.5 Å². The fourth-order valence-electron chi connectivity index (χ4n) is 3.04. The number of anilines is 1. The van der Waals surface area contributed by atoms with Crippen molar-refractivity contribution in [3.63, 3.8) is 0 Å². The Balaban J connectivity index is 1.78. The monoisotopic (exact) mass is 352 g/mol. The SMILES string of the molecule is CC(=O)C1=NN(c2ccc(C)cc2)C(c2ccc3c(c2)OCO3)NN1C. The highest BCUT2D eigenvalue weighted by Gasteiger charge is 2.31. The van der Waals surface area contributed by atoms with Gasteiger partial charge in [0.25, 0.3) is 0 Å². The summed E-state index contributed by atoms with van der Waals surface area (Å²) in [4.78, 5) is 12.0. The minimum absolute atomic E-state index is 0.110. The van der Waals surface area contributed by atoms with Crippen LogP contribution in [-0.2, 0) is 4.79 Å². The van der Waals surface area contributed by atoms with E-state index in [0.717, 1.165) is 22.6 Å². The van der Waals surface area contributed by atoms with Gasteiger partial charge < -0.3 is 9.47 Å². The number of carbonyl (C=O) groups is 1. The lowest BCUT2D eigenvalue weighted by atomic mass is 10.1. The van der Waals surface area contributed by atoms with Crippen LogP contribution in [0.3, 0.4) is 0 Å². The standard InChI is InChI=1S/C19H20N4O3/c1-12-4-7-15(8-5-12)23-19(20-22(3)18(21-23)13(2)24)14-6-9-16-17(10-14)26-11-25-16/h4-10,19-20H,11H2,1-3H3. The van der Waals surface area contributed by atoms with E-state index in [-0.39, 0.29) is 18.7 Å². The summed E-state index contributed by atoms with van der Waals surface area (Å²) in [5, 5.41) is 8.07. The first kappa shape index (κ1) is 16.4. The number of ether oxygens (including phenoxy) is 2. The quantitative estimate of drug-likeness (QED) is 0.916. The number of rotatable bonds is 3. The molecule has 26 heavy (non-hydrogen) atoms. The van der Waals surface area contributed by atoms with Gasteiger partial charge in [-0.3, -0.25) is 9.80 Å². The van der Waals surface area contributed by atoms with E-state index in [2.05, 4.69) is 10.5 Å². The highest BCUT2D eigenvalue weighted by Crippen LogP contribution is 2.37. The largest absolute Gasteiger partial charge is 0.454 e. The number of benzene rings is 2. The van der Waals surface area contributed by atoms with Gasteiger partial charge in [0.15, 0.2) is 17.3 Å². The van der Waals surface area contributed by atoms with Crippen molar-refractivity contribution in [2.75, 3.05) is 18.8 Å². The number of fused-ring (bicyclic) bond motifs is 1. The summed E-state index contributed by atoms with van der Waals surface area (Å²) in [6.45, 7) is 3.77. The number of Topliss-reactive ketones (excluding diaryl/α,β-unsaturated/α-hetero) is 1. The number of aryl methyl sites for hydroxylation is 1. The summed E-state index contributed by atoms with van der Waals surface area (Å²) in [6.07, 6.45) is -0.291. The molecule has 7 heteroatoms. The molecule has 7 nitrogen and oxygen atoms in total. The molecule has 2 aromatic carbocycles. The van der Waals surface area contributed by atoms with Gasteiger partial charge in [0, 0.05) is 14.0 Å². The number of hydrogen-bond acceptors (Lipinski definition) is 7. The smallest absolute Gasteiger partial charge is 0.231 e. The third-order valence-electron chi connectivity index (χ3n) is 4.41. The molecular formula is C19H20N4O3. The molecule has 0 saturated carbocycles. The van der Waals surface area contributed by atoms with Gasteiger partial charge in [0.05, 0.1) is 5.69 Å². The number of carbonyl (C=O) groups excluding carboxylic acids is 1. The first-order valence-corrected chi connectivity index (χ1v) is 8.38. The lowest BCUT2D eigenvalue weighted by Gasteiger charge is -2.39. The molecule has 0 bridgehead atoms. The minimum Gasteiger partial charge on any atom is -0.454 e. The van der Waals surface area contributed by atoms with Crippen molar-refractivity contribution < 1.29 is 14.3 Å². The van der Waals surface area contributed by atoms with Gasteiger partial charge in [-0.25, -0.2) is 10.4 Å². The number of amidine groups is 1. The van der Waals surface area contributed by atoms with Crippen molar-refractivity contribution in [3.05, 3.63) is 53.6 Å². The molecule has 134 valence electrons. The molecule has 0 saturated heterocycles. The van der Waals surface area contributed by atoms with E-state index in [1.807, 2.05) is 54.4 Å². The average molecular weight is 352 g/mol. The van der Waals surface area contributed by atoms with Gasteiger partial charge >= 0.3 is 0 Å². The van der Waals surface area contributed by atoms with Crippen molar-refractivity contribution in [3.8, 4) is 11.5 Å². The van der Waals surface area contributed by atoms with Crippen LogP contribution in [0.1, 0.15) is 24.2 Å². The molecule has 1 atom stereocenters. The zero-order chi connectivity index (χ0) is 18.3. The number of nitrogens with zero attached hydrogens (tertiary/aromatic N) is 3. The Bertz CT molecular complexity index is 879. The lowest BCUT2D eigenvalue weighted by molar-refractivity contribution is -0.112. The number of likely N-dealkylation sites (N-methyl/N-ethyl adjacent to an activating group) is 1. The Morgan fingerprint density at radius 2 is 1.88 bits per heavy atom. The summed E-state index contributed by atoms with van der Waals surface area (Å²) in [6, 6.07) is 13.8. The van der Waals surface area contributed by atoms with Crippen LogP contribution < -0.4 is 19.9 Å². The fourth-order valence-corrected chi connectivity index (χ4v) is 3.04. The number of hydrazine groups is 1. The van der Waals surface area contributed by atoms with E-state index >= 15 is 0 Å². The highest BCUT2D eigenvalue weighted by atomic mass is 16.7. The van der Waals surface area contributed by atoms with E-state index < -0.39 is 0 Å². The Kier molecular flexibility index (Phi) is 4.00. The number of ketones is 1. The van der Waals surface area contributed by atoms with Gasteiger partial charge in [0.2, 0.25) is 12.6 Å². The first-order chi connectivity index (χ1) is 12.5. The molecule has 0 amide bonds. The molecular weight excluding hydrogens is 332 g/mol. The van der Waals surface area contributed by atoms with Crippen molar-refractivity contribution in [2.24, 2.45) is 5.10 Å². The molecule has 2 aromatic rings. The van der Waals surface area contributed by atoms with Gasteiger partial charge in [-0.15, -0.1) is 5.10 Å². The summed E-state index contributed by atoms with van der Waals surface area (Å²) in [7, 11) is 1.78. The Morgan fingerprint density at radius 1 is 1.15 bits per heavy atom. The molecule has 0 aromatic heterocycles. The second kappa shape index (κ2) is 6.34. The minimum atomic E-state index is -0.291. The average Bonchev–Trinajstić information content (AvgIpc) is 3.09. The van der Waals surface area contributed by atoms with Crippen LogP contribution in [0, 0.1) is 6.92 Å². The van der Waals surface area contributed by atoms with Crippen molar-refractivity contribution in [2.45, 2.75) is 20.0 Å². The second-order valence-corrected chi connectivity index (χ2v) is 6.36. The Morgan fingerprint density at radius 3 is 2.62 bits per heavy atom. The van der Waals surface area contributed by atoms with E-state index in [4.69, 9.17) is 9.47 Å². The van der Waals surface area contributed by atoms with E-state index in [1.54, 1.807) is 12.1 Å². The van der Waals surface area contributed by atoms with Crippen molar-refractivity contribution in [1.82, 2.24) is 10.4 Å². The zero-order valence-corrected chi connectivity index (χ0v) is 14.9. The molecule has 0 radical (unpaired) electrons. The maximum atomic E-state index is 12.0. The Hall–Kier alpha value is -3.06. The fraction of sp³-hybridized carbons (Fsp3) is 0.263. The summed E-state index contributed by atoms with van der Waals surface area (Å²) in [5.41, 5.74) is 6.33. The van der Waals surface area contributed by atoms with Crippen LogP contribution in [0.4, 0.5) is 5.69 Å². The number of hydrazone groups is 1. The molecule has 2 aliphatic heterocycles. The third kappa shape index (κ3) is 2.86. The van der Waals surface area contributed by atoms with Gasteiger partial charge in [0.1, 0.15) is 6.17 Å². The number of nitrogens with one attached hydrogen (secondary N) is 1. The van der Waals surface area contributed by atoms with E-state index in [9.17, 15) is 4.79 Å². The molecule has 4 rings (SSSR count). The molecule has 0 fully saturated rings. The van der Waals surface area contributed by atoms with Crippen molar-refractivity contribution >= 4 is 17.3 Å². The van der Waals surface area contributed by atoms with Crippen LogP contribution in [0.15, 0.2) is 47.6 Å². The maximum Gasteiger partial charge on any atom is 0.231 e. The van der Waals surface area contributed by atoms with Gasteiger partial charge in [-0.05, 0) is 36.8 Å². The normalized spacial score (nSPS) is 18.7. The maximum absolute atomic E-state index is 12.0. The summed E-state index contributed by atoms with van der Waals surface area (Å²) in [5.74, 6) is 1.67. The van der Waals surface area contributed by atoms with E-state index in [1.165, 1.54) is 6.92 Å². The second-order valence-electron chi connectivity index (χ2n) is 6.36. The van der Waals surface area contributed by atoms with Crippen LogP contribution >= 0.6 is 0 Å². The number of hydrogen-bond donors (Lipinski definition) is 1. The zero-order valence-electron chi connectivity index (χ0n) is 14.9. The van der Waals surface area contributed by atoms with Crippen LogP contribution in [0.5, 0.6) is 11.5 Å². The molecule has 0 aliphatic carbocycles. The molecule has 2 heterocycles. The predicted molar refractivity (Wildman–Crippen MR) is 98.0 cm³/mol. The molecule has 1 unspecified atom stereocenters. The van der Waals surface area contributed by atoms with Crippen LogP contribution in [0.2, 0.25) is 0 Å². The predicted octanol–water partition coefficient (Wildman–Crippen LogP) is 2.58. The van der Waals surface area contributed by atoms with Gasteiger partial charge in [-0.2, -0.15) is 0 Å². The third-order valence-corrected chi connectivity index (χ3v) is 4.41. The summed E-state index contributed by atoms with van der Waals surface area (Å²) < 4.78 is 10.9. The molecule has 2 aliphatic rings. The van der Waals surface area contributed by atoms with E-state index in [0.29, 0.717) is 11.6 Å². The highest BCUT2D eigenvalue weighted by molar-refractivity contribution is 6.37. The molecule has 1 N–H and O–H groups in total. The van der Waals surface area contributed by atoms with Crippen molar-refractivity contribution in [1.29, 1.82) is 0 Å². The summed E-state index contributed by atoms with van der Waals surface area (Å²) >= 11 is 0. The van der Waals surface area contributed by atoms with Crippen LogP contribution in [0.25, 0.3) is 0 Å². The lowest BCUT2D eigenvalue weighted by Crippen LogP contribution is -2.54.